The minimum atomic E-state index is -0.257. The van der Waals surface area contributed by atoms with E-state index in [4.69, 9.17) is 10.7 Å². The van der Waals surface area contributed by atoms with Gasteiger partial charge in [0.25, 0.3) is 5.56 Å². The van der Waals surface area contributed by atoms with Crippen molar-refractivity contribution in [1.29, 1.82) is 0 Å². The fourth-order valence-electron chi connectivity index (χ4n) is 5.83. The number of rotatable bonds is 7. The number of Topliss-reactive ketones (excluding diaryl/α,β-unsaturated/α-hetero) is 1. The summed E-state index contributed by atoms with van der Waals surface area (Å²) >= 11 is 0. The van der Waals surface area contributed by atoms with Gasteiger partial charge in [-0.2, -0.15) is 0 Å². The molecule has 36 heavy (non-hydrogen) atoms. The Kier molecular flexibility index (Phi) is 7.15. The summed E-state index contributed by atoms with van der Waals surface area (Å²) in [6, 6.07) is 0.140. The Hall–Kier alpha value is -3.11. The summed E-state index contributed by atoms with van der Waals surface area (Å²) < 4.78 is 1.89. The lowest BCUT2D eigenvalue weighted by Crippen LogP contribution is -2.48. The third-order valence-electron chi connectivity index (χ3n) is 7.72. The molecule has 2 aliphatic heterocycles. The van der Waals surface area contributed by atoms with Crippen LogP contribution in [0.15, 0.2) is 22.2 Å². The van der Waals surface area contributed by atoms with Crippen LogP contribution in [0.4, 0.5) is 11.6 Å². The highest BCUT2D eigenvalue weighted by Gasteiger charge is 2.30. The van der Waals surface area contributed by atoms with Crippen LogP contribution in [0.3, 0.4) is 0 Å². The first kappa shape index (κ1) is 24.6. The SMILES string of the molecule is CC(=O)c1c(C)c2c(n(C3CCCC3)c1=O)CC(Nc1cnc(N3CCN(CCN)CC3)cn1)N=C2. The van der Waals surface area contributed by atoms with Crippen LogP contribution in [-0.4, -0.2) is 76.9 Å². The van der Waals surface area contributed by atoms with Crippen molar-refractivity contribution >= 4 is 23.6 Å². The van der Waals surface area contributed by atoms with Gasteiger partial charge in [-0.25, -0.2) is 9.97 Å². The predicted molar refractivity (Wildman–Crippen MR) is 141 cm³/mol. The number of nitrogens with zero attached hydrogens (tertiary/aromatic N) is 6. The minimum absolute atomic E-state index is 0.140. The zero-order chi connectivity index (χ0) is 25.2. The largest absolute Gasteiger partial charge is 0.353 e. The zero-order valence-electron chi connectivity index (χ0n) is 21.2. The van der Waals surface area contributed by atoms with Crippen LogP contribution in [0.25, 0.3) is 0 Å². The van der Waals surface area contributed by atoms with E-state index in [2.05, 4.69) is 25.1 Å². The van der Waals surface area contributed by atoms with E-state index in [1.54, 1.807) is 12.4 Å². The summed E-state index contributed by atoms with van der Waals surface area (Å²) in [6.45, 7) is 8.71. The summed E-state index contributed by atoms with van der Waals surface area (Å²) in [7, 11) is 0. The molecule has 1 aliphatic carbocycles. The number of hydrogen-bond donors (Lipinski definition) is 2. The van der Waals surface area contributed by atoms with Crippen LogP contribution >= 0.6 is 0 Å². The van der Waals surface area contributed by atoms with Crippen molar-refractivity contribution in [3.63, 3.8) is 0 Å². The van der Waals surface area contributed by atoms with Gasteiger partial charge >= 0.3 is 0 Å². The molecule has 0 aromatic carbocycles. The number of piperazine rings is 1. The molecule has 1 unspecified atom stereocenters. The summed E-state index contributed by atoms with van der Waals surface area (Å²) in [6.07, 6.45) is 9.82. The lowest BCUT2D eigenvalue weighted by atomic mass is 9.95. The molecule has 10 heteroatoms. The molecule has 4 heterocycles. The molecule has 1 saturated carbocycles. The summed E-state index contributed by atoms with van der Waals surface area (Å²) in [4.78, 5) is 44.3. The zero-order valence-corrected chi connectivity index (χ0v) is 21.2. The van der Waals surface area contributed by atoms with E-state index in [9.17, 15) is 9.59 Å². The lowest BCUT2D eigenvalue weighted by Gasteiger charge is -2.35. The maximum absolute atomic E-state index is 13.4. The first-order valence-corrected chi connectivity index (χ1v) is 13.0. The summed E-state index contributed by atoms with van der Waals surface area (Å²) in [5.41, 5.74) is 8.41. The van der Waals surface area contributed by atoms with Gasteiger partial charge < -0.3 is 20.5 Å². The number of carbonyl (C=O) groups is 1. The van der Waals surface area contributed by atoms with Gasteiger partial charge in [0.05, 0.1) is 18.0 Å². The van der Waals surface area contributed by atoms with Gasteiger partial charge in [0.1, 0.15) is 17.8 Å². The Balaban J connectivity index is 1.33. The normalized spacial score (nSPS) is 20.5. The number of fused-ring (bicyclic) bond motifs is 1. The molecular weight excluding hydrogens is 456 g/mol. The molecule has 0 spiro atoms. The van der Waals surface area contributed by atoms with Crippen molar-refractivity contribution in [3.8, 4) is 0 Å². The number of aliphatic imine (C=N–C) groups is 1. The van der Waals surface area contributed by atoms with Crippen molar-refractivity contribution in [2.75, 3.05) is 49.5 Å². The Morgan fingerprint density at radius 1 is 1.14 bits per heavy atom. The molecule has 1 saturated heterocycles. The van der Waals surface area contributed by atoms with E-state index in [0.717, 1.165) is 81.0 Å². The van der Waals surface area contributed by atoms with E-state index in [-0.39, 0.29) is 23.6 Å². The molecule has 2 aromatic rings. The van der Waals surface area contributed by atoms with Gasteiger partial charge in [0.2, 0.25) is 0 Å². The highest BCUT2D eigenvalue weighted by molar-refractivity contribution is 5.98. The van der Waals surface area contributed by atoms with Crippen LogP contribution in [0.5, 0.6) is 0 Å². The average Bonchev–Trinajstić information content (AvgIpc) is 3.39. The smallest absolute Gasteiger partial charge is 0.262 e. The minimum Gasteiger partial charge on any atom is -0.353 e. The molecule has 10 nitrogen and oxygen atoms in total. The van der Waals surface area contributed by atoms with Crippen LogP contribution in [0.1, 0.15) is 65.8 Å². The Labute approximate surface area is 211 Å². The number of hydrogen-bond acceptors (Lipinski definition) is 9. The van der Waals surface area contributed by atoms with Gasteiger partial charge in [-0.3, -0.25) is 19.5 Å². The third kappa shape index (κ3) is 4.79. The van der Waals surface area contributed by atoms with Crippen LogP contribution < -0.4 is 21.5 Å². The van der Waals surface area contributed by atoms with Crippen molar-refractivity contribution in [1.82, 2.24) is 19.4 Å². The molecule has 192 valence electrons. The maximum Gasteiger partial charge on any atom is 0.262 e. The fourth-order valence-corrected chi connectivity index (χ4v) is 5.83. The molecule has 3 N–H and O–H groups in total. The van der Waals surface area contributed by atoms with E-state index in [1.165, 1.54) is 6.92 Å². The fraction of sp³-hybridized carbons (Fsp3) is 0.577. The van der Waals surface area contributed by atoms with Crippen LogP contribution in [0.2, 0.25) is 0 Å². The molecular formula is C26H36N8O2. The second-order valence-corrected chi connectivity index (χ2v) is 10.0. The summed E-state index contributed by atoms with van der Waals surface area (Å²) in [5.74, 6) is 1.34. The monoisotopic (exact) mass is 492 g/mol. The van der Waals surface area contributed by atoms with Crippen LogP contribution in [-0.2, 0) is 6.42 Å². The molecule has 1 atom stereocenters. The molecule has 0 bridgehead atoms. The number of anilines is 2. The van der Waals surface area contributed by atoms with Crippen molar-refractivity contribution in [2.24, 2.45) is 10.7 Å². The number of aromatic nitrogens is 3. The standard InChI is InChI=1S/C26H36N8O2/c1-17-20-14-28-22(13-21(20)34(19-5-3-4-6-19)26(36)25(17)18(2)35)31-23-15-30-24(16-29-23)33-11-9-32(8-7-27)10-12-33/h14-16,19,22H,3-13,27H2,1-2H3,(H,29,31). The quantitative estimate of drug-likeness (QED) is 0.561. The highest BCUT2D eigenvalue weighted by atomic mass is 16.1. The van der Waals surface area contributed by atoms with E-state index in [1.807, 2.05) is 17.7 Å². The Morgan fingerprint density at radius 3 is 2.53 bits per heavy atom. The van der Waals surface area contributed by atoms with E-state index < -0.39 is 0 Å². The number of nitrogens with one attached hydrogen (secondary N) is 1. The van der Waals surface area contributed by atoms with Gasteiger partial charge in [-0.05, 0) is 32.3 Å². The average molecular weight is 493 g/mol. The second-order valence-electron chi connectivity index (χ2n) is 10.0. The first-order valence-electron chi connectivity index (χ1n) is 13.0. The summed E-state index contributed by atoms with van der Waals surface area (Å²) in [5, 5.41) is 3.38. The predicted octanol–water partition coefficient (Wildman–Crippen LogP) is 1.76. The first-order chi connectivity index (χ1) is 17.5. The van der Waals surface area contributed by atoms with Crippen molar-refractivity contribution < 1.29 is 4.79 Å². The van der Waals surface area contributed by atoms with Crippen LogP contribution in [0, 0.1) is 6.92 Å². The Morgan fingerprint density at radius 2 is 1.89 bits per heavy atom. The Bertz CT molecular complexity index is 1190. The molecule has 0 radical (unpaired) electrons. The molecule has 5 rings (SSSR count). The second kappa shape index (κ2) is 10.5. The molecule has 0 amide bonds. The molecule has 2 aromatic heterocycles. The topological polar surface area (TPSA) is 122 Å². The van der Waals surface area contributed by atoms with Gasteiger partial charge in [-0.15, -0.1) is 0 Å². The van der Waals surface area contributed by atoms with E-state index >= 15 is 0 Å². The van der Waals surface area contributed by atoms with E-state index in [0.29, 0.717) is 24.3 Å². The van der Waals surface area contributed by atoms with Gasteiger partial charge in [-0.1, -0.05) is 12.8 Å². The molecule has 3 aliphatic rings. The highest BCUT2D eigenvalue weighted by Crippen LogP contribution is 2.32. The number of pyridine rings is 1. The van der Waals surface area contributed by atoms with Crippen molar-refractivity contribution in [2.45, 2.75) is 58.2 Å². The lowest BCUT2D eigenvalue weighted by molar-refractivity contribution is 0.101. The molecule has 2 fully saturated rings. The van der Waals surface area contributed by atoms with Gasteiger partial charge in [0.15, 0.2) is 5.78 Å². The number of carbonyl (C=O) groups excluding carboxylic acids is 1. The van der Waals surface area contributed by atoms with Crippen molar-refractivity contribution in [3.05, 3.63) is 45.1 Å². The maximum atomic E-state index is 13.4. The number of nitrogens with two attached hydrogens (primary N) is 1. The third-order valence-corrected chi connectivity index (χ3v) is 7.72. The number of ketones is 1. The van der Waals surface area contributed by atoms with Gasteiger partial charge in [0, 0.05) is 69.2 Å².